The van der Waals surface area contributed by atoms with Crippen molar-refractivity contribution < 1.29 is 14.3 Å². The van der Waals surface area contributed by atoms with Crippen molar-refractivity contribution in [2.75, 3.05) is 13.1 Å². The summed E-state index contributed by atoms with van der Waals surface area (Å²) in [5.74, 6) is -0.487. The van der Waals surface area contributed by atoms with E-state index in [1.807, 2.05) is 59.0 Å². The van der Waals surface area contributed by atoms with Crippen molar-refractivity contribution in [3.63, 3.8) is 0 Å². The minimum absolute atomic E-state index is 0.0348. The second-order valence-corrected chi connectivity index (χ2v) is 6.89. The van der Waals surface area contributed by atoms with E-state index in [9.17, 15) is 9.59 Å². The molecule has 2 unspecified atom stereocenters. The molecule has 0 aliphatic carbocycles. The standard InChI is InChI=1S/C10H16I2N2O3/c1-5-3-14(4-6(2)17-5)10(16)8(12)7(11)9(13)15/h5-8H,3-4H2,1-2H3,(H2,13,15)/t5-,6+,7?,8?. The van der Waals surface area contributed by atoms with E-state index in [1.165, 1.54) is 0 Å². The number of halogens is 2. The van der Waals surface area contributed by atoms with E-state index in [1.54, 1.807) is 4.90 Å². The fourth-order valence-electron chi connectivity index (χ4n) is 1.80. The molecule has 0 aromatic rings. The molecule has 1 aliphatic rings. The lowest BCUT2D eigenvalue weighted by atomic mass is 10.2. The lowest BCUT2D eigenvalue weighted by Gasteiger charge is -2.36. The van der Waals surface area contributed by atoms with Crippen LogP contribution in [0.15, 0.2) is 0 Å². The number of nitrogens with zero attached hydrogens (tertiary/aromatic N) is 1. The molecule has 17 heavy (non-hydrogen) atoms. The summed E-state index contributed by atoms with van der Waals surface area (Å²) >= 11 is 3.90. The first-order valence-corrected chi connectivity index (χ1v) is 7.83. The maximum atomic E-state index is 12.2. The third-order valence-corrected chi connectivity index (χ3v) is 6.46. The lowest BCUT2D eigenvalue weighted by Crippen LogP contribution is -2.52. The van der Waals surface area contributed by atoms with Gasteiger partial charge in [0.05, 0.1) is 12.2 Å². The van der Waals surface area contributed by atoms with Gasteiger partial charge in [-0.05, 0) is 13.8 Å². The van der Waals surface area contributed by atoms with Gasteiger partial charge >= 0.3 is 0 Å². The third-order valence-electron chi connectivity index (χ3n) is 2.50. The summed E-state index contributed by atoms with van der Waals surface area (Å²) < 4.78 is 4.67. The van der Waals surface area contributed by atoms with Crippen LogP contribution < -0.4 is 5.73 Å². The van der Waals surface area contributed by atoms with E-state index in [-0.39, 0.29) is 18.1 Å². The van der Waals surface area contributed by atoms with E-state index < -0.39 is 13.8 Å². The van der Waals surface area contributed by atoms with E-state index in [0.717, 1.165) is 0 Å². The molecule has 7 heteroatoms. The van der Waals surface area contributed by atoms with Crippen LogP contribution in [0.5, 0.6) is 0 Å². The number of morpholine rings is 1. The molecule has 98 valence electrons. The van der Waals surface area contributed by atoms with Gasteiger partial charge in [-0.25, -0.2) is 0 Å². The number of nitrogens with two attached hydrogens (primary N) is 1. The van der Waals surface area contributed by atoms with Crippen LogP contribution in [0.1, 0.15) is 13.8 Å². The number of hydrogen-bond donors (Lipinski definition) is 1. The zero-order chi connectivity index (χ0) is 13.2. The van der Waals surface area contributed by atoms with Crippen LogP contribution in [0.2, 0.25) is 0 Å². The molecule has 0 radical (unpaired) electrons. The first kappa shape index (κ1) is 15.4. The molecule has 0 saturated carbocycles. The van der Waals surface area contributed by atoms with Crippen molar-refractivity contribution in [1.29, 1.82) is 0 Å². The number of ether oxygens (including phenoxy) is 1. The molecule has 4 atom stereocenters. The van der Waals surface area contributed by atoms with Gasteiger partial charge in [-0.15, -0.1) is 0 Å². The summed E-state index contributed by atoms with van der Waals surface area (Å²) in [6, 6.07) is 0. The Balaban J connectivity index is 2.65. The summed E-state index contributed by atoms with van der Waals surface area (Å²) in [5, 5.41) is 0. The van der Waals surface area contributed by atoms with E-state index >= 15 is 0 Å². The summed E-state index contributed by atoms with van der Waals surface area (Å²) in [6.45, 7) is 5.02. The third kappa shape index (κ3) is 4.19. The van der Waals surface area contributed by atoms with Crippen LogP contribution in [0.25, 0.3) is 0 Å². The molecule has 0 aromatic heterocycles. The summed E-state index contributed by atoms with van der Waals surface area (Å²) in [7, 11) is 0. The molecule has 2 amide bonds. The highest BCUT2D eigenvalue weighted by Gasteiger charge is 2.34. The Hall–Kier alpha value is 0.360. The zero-order valence-electron chi connectivity index (χ0n) is 9.73. The van der Waals surface area contributed by atoms with Crippen LogP contribution in [-0.4, -0.2) is 49.9 Å². The van der Waals surface area contributed by atoms with Gasteiger partial charge < -0.3 is 15.4 Å². The molecule has 5 nitrogen and oxygen atoms in total. The maximum absolute atomic E-state index is 12.2. The van der Waals surface area contributed by atoms with Crippen LogP contribution >= 0.6 is 45.2 Å². The number of carbonyl (C=O) groups excluding carboxylic acids is 2. The van der Waals surface area contributed by atoms with Crippen molar-refractivity contribution >= 4 is 57.0 Å². The Morgan fingerprint density at radius 2 is 1.71 bits per heavy atom. The minimum atomic E-state index is -0.478. The van der Waals surface area contributed by atoms with Crippen LogP contribution in [0.3, 0.4) is 0 Å². The van der Waals surface area contributed by atoms with Gasteiger partial charge in [-0.2, -0.15) is 0 Å². The Labute approximate surface area is 128 Å². The predicted molar refractivity (Wildman–Crippen MR) is 81.4 cm³/mol. The van der Waals surface area contributed by atoms with Crippen molar-refractivity contribution in [2.24, 2.45) is 5.73 Å². The Kier molecular flexibility index (Phi) is 5.90. The summed E-state index contributed by atoms with van der Waals surface area (Å²) in [4.78, 5) is 25.0. The average Bonchev–Trinajstić information content (AvgIpc) is 2.24. The van der Waals surface area contributed by atoms with Gasteiger partial charge in [-0.1, -0.05) is 45.2 Å². The van der Waals surface area contributed by atoms with Gasteiger partial charge in [0.2, 0.25) is 11.8 Å². The smallest absolute Gasteiger partial charge is 0.237 e. The topological polar surface area (TPSA) is 72.6 Å². The van der Waals surface area contributed by atoms with Gasteiger partial charge in [0, 0.05) is 13.1 Å². The van der Waals surface area contributed by atoms with E-state index in [0.29, 0.717) is 13.1 Å². The van der Waals surface area contributed by atoms with Gasteiger partial charge in [0.1, 0.15) is 7.85 Å². The van der Waals surface area contributed by atoms with E-state index in [4.69, 9.17) is 10.5 Å². The zero-order valence-corrected chi connectivity index (χ0v) is 14.0. The number of carbonyl (C=O) groups is 2. The van der Waals surface area contributed by atoms with Crippen molar-refractivity contribution in [2.45, 2.75) is 33.9 Å². The highest BCUT2D eigenvalue weighted by Crippen LogP contribution is 2.20. The second-order valence-electron chi connectivity index (χ2n) is 4.21. The van der Waals surface area contributed by atoms with Crippen molar-refractivity contribution in [1.82, 2.24) is 4.90 Å². The fraction of sp³-hybridized carbons (Fsp3) is 0.800. The van der Waals surface area contributed by atoms with Gasteiger partial charge in [0.25, 0.3) is 0 Å². The monoisotopic (exact) mass is 466 g/mol. The molecule has 1 heterocycles. The first-order valence-electron chi connectivity index (χ1n) is 5.34. The quantitative estimate of drug-likeness (QED) is 0.493. The second kappa shape index (κ2) is 6.50. The molecule has 0 aromatic carbocycles. The molecule has 2 N–H and O–H groups in total. The summed E-state index contributed by atoms with van der Waals surface area (Å²) in [6.07, 6.45) is 0.0695. The fourth-order valence-corrected chi connectivity index (χ4v) is 2.86. The normalized spacial score (nSPS) is 28.6. The van der Waals surface area contributed by atoms with Crippen LogP contribution in [0, 0.1) is 0 Å². The highest BCUT2D eigenvalue weighted by molar-refractivity contribution is 14.1. The van der Waals surface area contributed by atoms with Crippen molar-refractivity contribution in [3.8, 4) is 0 Å². The number of rotatable bonds is 3. The maximum Gasteiger partial charge on any atom is 0.237 e. The Bertz CT molecular complexity index is 304. The highest BCUT2D eigenvalue weighted by atomic mass is 127. The summed E-state index contributed by atoms with van der Waals surface area (Å²) in [5.41, 5.74) is 5.21. The van der Waals surface area contributed by atoms with Crippen LogP contribution in [-0.2, 0) is 14.3 Å². The number of hydrogen-bond acceptors (Lipinski definition) is 3. The molecule has 1 saturated heterocycles. The Morgan fingerprint density at radius 3 is 2.12 bits per heavy atom. The lowest BCUT2D eigenvalue weighted by molar-refractivity contribution is -0.142. The van der Waals surface area contributed by atoms with Crippen LogP contribution in [0.4, 0.5) is 0 Å². The first-order chi connectivity index (χ1) is 7.82. The van der Waals surface area contributed by atoms with E-state index in [2.05, 4.69) is 0 Å². The number of alkyl halides is 2. The number of amides is 2. The minimum Gasteiger partial charge on any atom is -0.372 e. The molecule has 0 spiro atoms. The largest absolute Gasteiger partial charge is 0.372 e. The molecule has 0 bridgehead atoms. The molecular weight excluding hydrogens is 450 g/mol. The molecule has 1 rings (SSSR count). The molecular formula is C10H16I2N2O3. The average molecular weight is 466 g/mol. The SMILES string of the molecule is C[C@@H]1CN(C(=O)C(I)C(I)C(N)=O)C[C@H](C)O1. The van der Waals surface area contributed by atoms with Gasteiger partial charge in [0.15, 0.2) is 0 Å². The molecule has 1 aliphatic heterocycles. The van der Waals surface area contributed by atoms with Gasteiger partial charge in [-0.3, -0.25) is 9.59 Å². The molecule has 1 fully saturated rings. The Morgan fingerprint density at radius 1 is 1.24 bits per heavy atom. The van der Waals surface area contributed by atoms with Crippen molar-refractivity contribution in [3.05, 3.63) is 0 Å². The predicted octanol–water partition coefficient (Wildman–Crippen LogP) is 0.715. The number of primary amides is 1.